The average molecular weight is 641 g/mol. The SMILES string of the molecule is CCOC(=O)C1=C(C(=O)OCC)C2(C=C[C@@]3(C)C(=C2)CC[C@@H]2[C@@H]3CC[C@]3(C)C(=O)CC[C@@H]23)C(C(=O)OCC)=C(C(=O)OCC)S1. The zero-order valence-electron chi connectivity index (χ0n) is 27.1. The summed E-state index contributed by atoms with van der Waals surface area (Å²) in [7, 11) is 0. The van der Waals surface area contributed by atoms with Crippen molar-refractivity contribution in [1.29, 1.82) is 0 Å². The van der Waals surface area contributed by atoms with Crippen molar-refractivity contribution in [2.45, 2.75) is 80.1 Å². The van der Waals surface area contributed by atoms with Crippen molar-refractivity contribution >= 4 is 41.4 Å². The van der Waals surface area contributed by atoms with Gasteiger partial charge in [0.25, 0.3) is 0 Å². The number of Topliss-reactive ketones (excluding diaryl/α,β-unsaturated/α-hetero) is 1. The molecular formula is C35H44O9S. The van der Waals surface area contributed by atoms with Crippen LogP contribution in [0.15, 0.2) is 44.8 Å². The Morgan fingerprint density at radius 1 is 0.733 bits per heavy atom. The Balaban J connectivity index is 1.73. The number of hydrogen-bond donors (Lipinski definition) is 0. The first-order valence-electron chi connectivity index (χ1n) is 16.2. The molecule has 0 aromatic carbocycles. The summed E-state index contributed by atoms with van der Waals surface area (Å²) in [6, 6.07) is 0. The zero-order valence-corrected chi connectivity index (χ0v) is 27.9. The van der Waals surface area contributed by atoms with Gasteiger partial charge in [-0.1, -0.05) is 49.4 Å². The van der Waals surface area contributed by atoms with E-state index in [9.17, 15) is 24.0 Å². The van der Waals surface area contributed by atoms with E-state index in [1.807, 2.05) is 6.08 Å². The molecule has 45 heavy (non-hydrogen) atoms. The Labute approximate surface area is 269 Å². The van der Waals surface area contributed by atoms with Crippen LogP contribution in [-0.2, 0) is 42.9 Å². The van der Waals surface area contributed by atoms with E-state index in [1.54, 1.807) is 33.8 Å². The first kappa shape index (κ1) is 33.2. The van der Waals surface area contributed by atoms with Crippen LogP contribution in [0.1, 0.15) is 80.1 Å². The summed E-state index contributed by atoms with van der Waals surface area (Å²) in [4.78, 5) is 67.5. The molecule has 244 valence electrons. The Kier molecular flexibility index (Phi) is 9.28. The van der Waals surface area contributed by atoms with Crippen molar-refractivity contribution < 1.29 is 42.9 Å². The van der Waals surface area contributed by atoms with E-state index >= 15 is 0 Å². The van der Waals surface area contributed by atoms with Gasteiger partial charge in [0, 0.05) is 17.3 Å². The second-order valence-electron chi connectivity index (χ2n) is 12.9. The monoisotopic (exact) mass is 640 g/mol. The summed E-state index contributed by atoms with van der Waals surface area (Å²) in [5.74, 6) is -1.83. The molecular weight excluding hydrogens is 596 g/mol. The number of fused-ring (bicyclic) bond motifs is 5. The minimum atomic E-state index is -1.64. The second-order valence-corrected chi connectivity index (χ2v) is 13.9. The van der Waals surface area contributed by atoms with Crippen molar-refractivity contribution in [3.63, 3.8) is 0 Å². The molecule has 0 aromatic rings. The normalized spacial score (nSPS) is 31.5. The maximum atomic E-state index is 13.9. The lowest BCUT2D eigenvalue weighted by Gasteiger charge is -2.57. The van der Waals surface area contributed by atoms with Crippen LogP contribution >= 0.6 is 11.8 Å². The van der Waals surface area contributed by atoms with E-state index in [4.69, 9.17) is 18.9 Å². The predicted molar refractivity (Wildman–Crippen MR) is 167 cm³/mol. The molecule has 3 saturated carbocycles. The van der Waals surface area contributed by atoms with E-state index in [0.29, 0.717) is 42.2 Å². The molecule has 0 radical (unpaired) electrons. The maximum absolute atomic E-state index is 13.9. The molecule has 4 aliphatic carbocycles. The smallest absolute Gasteiger partial charge is 0.345 e. The summed E-state index contributed by atoms with van der Waals surface area (Å²) < 4.78 is 21.8. The predicted octanol–water partition coefficient (Wildman–Crippen LogP) is 5.79. The second kappa shape index (κ2) is 12.6. The number of carbonyl (C=O) groups is 5. The van der Waals surface area contributed by atoms with Crippen LogP contribution < -0.4 is 0 Å². The van der Waals surface area contributed by atoms with Crippen LogP contribution in [0.4, 0.5) is 0 Å². The van der Waals surface area contributed by atoms with Gasteiger partial charge < -0.3 is 18.9 Å². The van der Waals surface area contributed by atoms with Crippen LogP contribution in [-0.4, -0.2) is 56.1 Å². The van der Waals surface area contributed by atoms with E-state index in [0.717, 1.165) is 31.3 Å². The highest BCUT2D eigenvalue weighted by Crippen LogP contribution is 2.66. The molecule has 9 nitrogen and oxygen atoms in total. The Hall–Kier alpha value is -3.14. The quantitative estimate of drug-likeness (QED) is 0.183. The van der Waals surface area contributed by atoms with Crippen LogP contribution in [0.25, 0.3) is 0 Å². The Morgan fingerprint density at radius 3 is 1.80 bits per heavy atom. The Morgan fingerprint density at radius 2 is 1.27 bits per heavy atom. The van der Waals surface area contributed by atoms with Crippen LogP contribution in [0.5, 0.6) is 0 Å². The third kappa shape index (κ3) is 5.21. The number of ether oxygens (including phenoxy) is 4. The summed E-state index contributed by atoms with van der Waals surface area (Å²) in [5, 5.41) is 0. The summed E-state index contributed by atoms with van der Waals surface area (Å²) in [6.07, 6.45) is 10.5. The number of thioether (sulfide) groups is 1. The summed E-state index contributed by atoms with van der Waals surface area (Å²) >= 11 is 0.690. The van der Waals surface area contributed by atoms with Gasteiger partial charge in [-0.2, -0.15) is 0 Å². The van der Waals surface area contributed by atoms with E-state index in [-0.39, 0.29) is 58.7 Å². The molecule has 0 amide bonds. The molecule has 10 heteroatoms. The number of carbonyl (C=O) groups excluding carboxylic acids is 5. The molecule has 1 spiro atoms. The molecule has 0 bridgehead atoms. The van der Waals surface area contributed by atoms with Crippen LogP contribution in [0.2, 0.25) is 0 Å². The van der Waals surface area contributed by atoms with Gasteiger partial charge >= 0.3 is 23.9 Å². The largest absolute Gasteiger partial charge is 0.463 e. The lowest BCUT2D eigenvalue weighted by Crippen LogP contribution is -2.50. The zero-order chi connectivity index (χ0) is 32.7. The molecule has 1 aliphatic heterocycles. The molecule has 5 aliphatic rings. The lowest BCUT2D eigenvalue weighted by molar-refractivity contribution is -0.143. The van der Waals surface area contributed by atoms with Crippen molar-refractivity contribution in [3.05, 3.63) is 44.8 Å². The number of allylic oxidation sites excluding steroid dienone is 4. The van der Waals surface area contributed by atoms with Gasteiger partial charge in [-0.3, -0.25) is 4.79 Å². The van der Waals surface area contributed by atoms with Gasteiger partial charge in [0.05, 0.1) is 43.0 Å². The van der Waals surface area contributed by atoms with Gasteiger partial charge in [-0.15, -0.1) is 0 Å². The highest BCUT2D eigenvalue weighted by atomic mass is 32.2. The molecule has 0 saturated heterocycles. The first-order valence-corrected chi connectivity index (χ1v) is 17.1. The number of ketones is 1. The fourth-order valence-electron chi connectivity index (χ4n) is 8.75. The van der Waals surface area contributed by atoms with E-state index < -0.39 is 34.7 Å². The van der Waals surface area contributed by atoms with Gasteiger partial charge in [-0.25, -0.2) is 19.2 Å². The average Bonchev–Trinajstić information content (AvgIpc) is 3.31. The fraction of sp³-hybridized carbons (Fsp3) is 0.629. The summed E-state index contributed by atoms with van der Waals surface area (Å²) in [5.41, 5.74) is -1.46. The third-order valence-corrected chi connectivity index (χ3v) is 12.0. The van der Waals surface area contributed by atoms with Crippen molar-refractivity contribution in [2.75, 3.05) is 26.4 Å². The molecule has 3 fully saturated rings. The molecule has 0 unspecified atom stereocenters. The third-order valence-electron chi connectivity index (χ3n) is 10.8. The minimum Gasteiger partial charge on any atom is -0.463 e. The number of esters is 4. The summed E-state index contributed by atoms with van der Waals surface area (Å²) in [6.45, 7) is 11.1. The molecule has 1 heterocycles. The van der Waals surface area contributed by atoms with Gasteiger partial charge in [0.2, 0.25) is 0 Å². The van der Waals surface area contributed by atoms with E-state index in [2.05, 4.69) is 19.9 Å². The number of rotatable bonds is 8. The molecule has 5 rings (SSSR count). The van der Waals surface area contributed by atoms with Crippen molar-refractivity contribution in [3.8, 4) is 0 Å². The maximum Gasteiger partial charge on any atom is 0.345 e. The molecule has 5 atom stereocenters. The highest BCUT2D eigenvalue weighted by Gasteiger charge is 2.61. The van der Waals surface area contributed by atoms with Crippen molar-refractivity contribution in [1.82, 2.24) is 0 Å². The van der Waals surface area contributed by atoms with E-state index in [1.165, 1.54) is 0 Å². The van der Waals surface area contributed by atoms with Gasteiger partial charge in [-0.05, 0) is 77.6 Å². The van der Waals surface area contributed by atoms with Crippen LogP contribution in [0, 0.1) is 34.0 Å². The van der Waals surface area contributed by atoms with Gasteiger partial charge in [0.1, 0.15) is 15.6 Å². The van der Waals surface area contributed by atoms with Crippen LogP contribution in [0.3, 0.4) is 0 Å². The van der Waals surface area contributed by atoms with Gasteiger partial charge in [0.15, 0.2) is 0 Å². The standard InChI is InChI=1S/C35H44O9S/c1-7-41-29(37)25-27(31(39)43-9-3)45-28(32(40)44-10-4)26(30(38)42-8-2)35(25)18-17-33(5)20(19-35)11-12-21-22-13-14-24(36)34(22,6)16-15-23(21)33/h17-19,21-23H,7-16H2,1-6H3/t21-,22-,23-,33-,34-/m0/s1. The fourth-order valence-corrected chi connectivity index (χ4v) is 9.94. The first-order chi connectivity index (χ1) is 21.4. The molecule has 0 aromatic heterocycles. The minimum absolute atomic E-state index is 0.0308. The molecule has 0 N–H and O–H groups in total. The highest BCUT2D eigenvalue weighted by molar-refractivity contribution is 8.08. The lowest BCUT2D eigenvalue weighted by atomic mass is 9.47. The number of hydrogen-bond acceptors (Lipinski definition) is 10. The van der Waals surface area contributed by atoms with Crippen molar-refractivity contribution in [2.24, 2.45) is 34.0 Å². The topological polar surface area (TPSA) is 122 Å². The Bertz CT molecular complexity index is 1380.